The van der Waals surface area contributed by atoms with Gasteiger partial charge in [0.1, 0.15) is 0 Å². The molecule has 0 radical (unpaired) electrons. The molecule has 8 heteroatoms. The Balaban J connectivity index is 1.49. The molecule has 1 aliphatic rings. The van der Waals surface area contributed by atoms with Gasteiger partial charge >= 0.3 is 5.97 Å². The number of nitrogens with one attached hydrogen (secondary N) is 1. The molecule has 3 rings (SSSR count). The Labute approximate surface area is 136 Å². The van der Waals surface area contributed by atoms with Crippen LogP contribution in [-0.4, -0.2) is 33.7 Å². The highest BCUT2D eigenvalue weighted by atomic mass is 35.5. The molecule has 120 valence electrons. The summed E-state index contributed by atoms with van der Waals surface area (Å²) in [5.74, 6) is -1.27. The van der Waals surface area contributed by atoms with E-state index in [4.69, 9.17) is 21.2 Å². The standard InChI is InChI=1S/C15H14ClN3O4/c16-9-3-1-8(2-4-9)13-18-12(23-19-13)5-6-17-14(20)10-7-11(10)15(21)22/h1-4,10-11H,5-7H2,(H,17,20)(H,21,22)/t10-,11-/m1/s1. The lowest BCUT2D eigenvalue weighted by Gasteiger charge is -2.01. The molecule has 1 aliphatic carbocycles. The number of aliphatic carboxylic acids is 1. The fourth-order valence-corrected chi connectivity index (χ4v) is 2.38. The number of hydrogen-bond donors (Lipinski definition) is 2. The second-order valence-electron chi connectivity index (χ2n) is 5.35. The SMILES string of the molecule is O=C(O)[C@@H]1C[C@H]1C(=O)NCCc1nc(-c2ccc(Cl)cc2)no1. The number of carboxylic acids is 1. The highest BCUT2D eigenvalue weighted by molar-refractivity contribution is 6.30. The molecule has 2 aromatic rings. The van der Waals surface area contributed by atoms with E-state index >= 15 is 0 Å². The highest BCUT2D eigenvalue weighted by Gasteiger charge is 2.48. The molecule has 0 saturated heterocycles. The number of halogens is 1. The monoisotopic (exact) mass is 335 g/mol. The predicted octanol–water partition coefficient (Wildman–Crippen LogP) is 1.77. The van der Waals surface area contributed by atoms with Crippen LogP contribution in [0.2, 0.25) is 5.02 Å². The Kier molecular flexibility index (Phi) is 4.29. The first kappa shape index (κ1) is 15.5. The molecule has 2 N–H and O–H groups in total. The fraction of sp³-hybridized carbons (Fsp3) is 0.333. The van der Waals surface area contributed by atoms with Crippen LogP contribution in [0.25, 0.3) is 11.4 Å². The quantitative estimate of drug-likeness (QED) is 0.833. The van der Waals surface area contributed by atoms with Gasteiger partial charge < -0.3 is 14.9 Å². The molecule has 0 bridgehead atoms. The minimum absolute atomic E-state index is 0.241. The minimum atomic E-state index is -0.922. The normalized spacial score (nSPS) is 19.3. The first-order valence-corrected chi connectivity index (χ1v) is 7.51. The molecule has 1 aromatic heterocycles. The number of nitrogens with zero attached hydrogens (tertiary/aromatic N) is 2. The van der Waals surface area contributed by atoms with Gasteiger partial charge in [0.2, 0.25) is 17.6 Å². The lowest BCUT2D eigenvalue weighted by Crippen LogP contribution is -2.28. The van der Waals surface area contributed by atoms with Crippen molar-refractivity contribution in [3.05, 3.63) is 35.2 Å². The highest BCUT2D eigenvalue weighted by Crippen LogP contribution is 2.38. The van der Waals surface area contributed by atoms with Crippen molar-refractivity contribution in [3.63, 3.8) is 0 Å². The van der Waals surface area contributed by atoms with Crippen LogP contribution in [0.4, 0.5) is 0 Å². The number of hydrogen-bond acceptors (Lipinski definition) is 5. The number of carboxylic acid groups (broad SMARTS) is 1. The number of carbonyl (C=O) groups excluding carboxylic acids is 1. The molecule has 1 amide bonds. The van der Waals surface area contributed by atoms with Gasteiger partial charge in [-0.05, 0) is 30.7 Å². The number of rotatable bonds is 6. The van der Waals surface area contributed by atoms with Crippen molar-refractivity contribution in [1.82, 2.24) is 15.5 Å². The lowest BCUT2D eigenvalue weighted by atomic mass is 10.2. The van der Waals surface area contributed by atoms with Crippen LogP contribution in [0.1, 0.15) is 12.3 Å². The maximum atomic E-state index is 11.7. The molecule has 1 fully saturated rings. The largest absolute Gasteiger partial charge is 0.481 e. The molecule has 23 heavy (non-hydrogen) atoms. The number of benzene rings is 1. The Morgan fingerprint density at radius 1 is 1.30 bits per heavy atom. The zero-order chi connectivity index (χ0) is 16.4. The van der Waals surface area contributed by atoms with Crippen LogP contribution in [0, 0.1) is 11.8 Å². The molecule has 1 saturated carbocycles. The van der Waals surface area contributed by atoms with E-state index in [9.17, 15) is 9.59 Å². The molecule has 1 aromatic carbocycles. The van der Waals surface area contributed by atoms with Crippen molar-refractivity contribution in [2.24, 2.45) is 11.8 Å². The van der Waals surface area contributed by atoms with Gasteiger partial charge in [0, 0.05) is 23.6 Å². The van der Waals surface area contributed by atoms with Gasteiger partial charge in [-0.15, -0.1) is 0 Å². The van der Waals surface area contributed by atoms with Gasteiger partial charge in [-0.1, -0.05) is 16.8 Å². The van der Waals surface area contributed by atoms with E-state index in [1.807, 2.05) is 0 Å². The van der Waals surface area contributed by atoms with Gasteiger partial charge in [0.15, 0.2) is 0 Å². The van der Waals surface area contributed by atoms with E-state index in [0.29, 0.717) is 36.1 Å². The van der Waals surface area contributed by atoms with E-state index in [2.05, 4.69) is 15.5 Å². The molecule has 1 heterocycles. The Hall–Kier alpha value is -2.41. The molecule has 0 unspecified atom stereocenters. The maximum Gasteiger partial charge on any atom is 0.307 e. The van der Waals surface area contributed by atoms with Crippen molar-refractivity contribution in [2.75, 3.05) is 6.54 Å². The van der Waals surface area contributed by atoms with Gasteiger partial charge in [-0.3, -0.25) is 9.59 Å². The first-order valence-electron chi connectivity index (χ1n) is 7.13. The smallest absolute Gasteiger partial charge is 0.307 e. The summed E-state index contributed by atoms with van der Waals surface area (Å²) in [6.07, 6.45) is 0.791. The van der Waals surface area contributed by atoms with Crippen LogP contribution in [0.15, 0.2) is 28.8 Å². The summed E-state index contributed by atoms with van der Waals surface area (Å²) in [4.78, 5) is 26.7. The van der Waals surface area contributed by atoms with E-state index < -0.39 is 17.8 Å². The van der Waals surface area contributed by atoms with E-state index in [1.54, 1.807) is 24.3 Å². The number of amides is 1. The summed E-state index contributed by atoms with van der Waals surface area (Å²) < 4.78 is 5.13. The summed E-state index contributed by atoms with van der Waals surface area (Å²) in [5, 5.41) is 16.0. The van der Waals surface area contributed by atoms with Crippen molar-refractivity contribution in [1.29, 1.82) is 0 Å². The number of carbonyl (C=O) groups is 2. The molecule has 0 spiro atoms. The van der Waals surface area contributed by atoms with Crippen LogP contribution in [0.3, 0.4) is 0 Å². The number of aromatic nitrogens is 2. The third kappa shape index (κ3) is 3.68. The third-order valence-electron chi connectivity index (χ3n) is 3.65. The average molecular weight is 336 g/mol. The Bertz CT molecular complexity index is 729. The van der Waals surface area contributed by atoms with Crippen molar-refractivity contribution < 1.29 is 19.2 Å². The van der Waals surface area contributed by atoms with E-state index in [0.717, 1.165) is 5.56 Å². The van der Waals surface area contributed by atoms with Gasteiger partial charge in [-0.25, -0.2) is 0 Å². The average Bonchev–Trinajstić information content (AvgIpc) is 3.21. The summed E-state index contributed by atoms with van der Waals surface area (Å²) >= 11 is 5.82. The molecule has 2 atom stereocenters. The van der Waals surface area contributed by atoms with Crippen LogP contribution < -0.4 is 5.32 Å². The topological polar surface area (TPSA) is 105 Å². The second-order valence-corrected chi connectivity index (χ2v) is 5.78. The molecule has 0 aliphatic heterocycles. The van der Waals surface area contributed by atoms with Gasteiger partial charge in [0.25, 0.3) is 0 Å². The van der Waals surface area contributed by atoms with Gasteiger partial charge in [-0.2, -0.15) is 4.98 Å². The lowest BCUT2D eigenvalue weighted by molar-refractivity contribution is -0.140. The summed E-state index contributed by atoms with van der Waals surface area (Å²) in [6, 6.07) is 7.05. The predicted molar refractivity (Wildman–Crippen MR) is 80.7 cm³/mol. The van der Waals surface area contributed by atoms with E-state index in [1.165, 1.54) is 0 Å². The maximum absolute atomic E-state index is 11.7. The van der Waals surface area contributed by atoms with Crippen molar-refractivity contribution in [3.8, 4) is 11.4 Å². The van der Waals surface area contributed by atoms with Crippen molar-refractivity contribution >= 4 is 23.5 Å². The molecular weight excluding hydrogens is 322 g/mol. The molecule has 7 nitrogen and oxygen atoms in total. The zero-order valence-corrected chi connectivity index (χ0v) is 12.8. The van der Waals surface area contributed by atoms with Crippen LogP contribution in [-0.2, 0) is 16.0 Å². The first-order chi connectivity index (χ1) is 11.0. The summed E-state index contributed by atoms with van der Waals surface area (Å²) in [5.41, 5.74) is 0.788. The summed E-state index contributed by atoms with van der Waals surface area (Å²) in [6.45, 7) is 0.323. The Morgan fingerprint density at radius 2 is 2.04 bits per heavy atom. The summed E-state index contributed by atoms with van der Waals surface area (Å²) in [7, 11) is 0. The zero-order valence-electron chi connectivity index (χ0n) is 12.0. The Morgan fingerprint density at radius 3 is 2.70 bits per heavy atom. The third-order valence-corrected chi connectivity index (χ3v) is 3.90. The minimum Gasteiger partial charge on any atom is -0.481 e. The van der Waals surface area contributed by atoms with Gasteiger partial charge in [0.05, 0.1) is 11.8 Å². The van der Waals surface area contributed by atoms with Crippen LogP contribution >= 0.6 is 11.6 Å². The van der Waals surface area contributed by atoms with E-state index in [-0.39, 0.29) is 5.91 Å². The molecular formula is C15H14ClN3O4. The van der Waals surface area contributed by atoms with Crippen LogP contribution in [0.5, 0.6) is 0 Å². The second kappa shape index (κ2) is 6.37. The fourth-order valence-electron chi connectivity index (χ4n) is 2.25. The van der Waals surface area contributed by atoms with Crippen molar-refractivity contribution in [2.45, 2.75) is 12.8 Å².